The SMILES string of the molecule is CN(CCCc1ccc(CC([S-])C[NH-])cc1)c1ccccn1.[W+2]. The van der Waals surface area contributed by atoms with Crippen molar-refractivity contribution in [2.45, 2.75) is 24.5 Å². The largest absolute Gasteiger partial charge is 2.00 e. The van der Waals surface area contributed by atoms with Crippen LogP contribution in [0, 0.1) is 0 Å². The van der Waals surface area contributed by atoms with E-state index in [2.05, 4.69) is 41.2 Å². The maximum absolute atomic E-state index is 7.29. The quantitative estimate of drug-likeness (QED) is 0.523. The first-order valence-corrected chi connectivity index (χ1v) is 8.16. The summed E-state index contributed by atoms with van der Waals surface area (Å²) in [5.74, 6) is 1.02. The smallest absolute Gasteiger partial charge is 0.791 e. The average Bonchev–Trinajstić information content (AvgIpc) is 2.57. The third kappa shape index (κ3) is 7.07. The van der Waals surface area contributed by atoms with Gasteiger partial charge in [-0.1, -0.05) is 30.3 Å². The molecular formula is C18H23N3SW. The van der Waals surface area contributed by atoms with E-state index in [9.17, 15) is 0 Å². The van der Waals surface area contributed by atoms with Gasteiger partial charge in [0.2, 0.25) is 0 Å². The second kappa shape index (κ2) is 10.9. The minimum Gasteiger partial charge on any atom is -0.791 e. The van der Waals surface area contributed by atoms with Crippen molar-refractivity contribution in [3.05, 3.63) is 65.5 Å². The Morgan fingerprint density at radius 2 is 1.83 bits per heavy atom. The van der Waals surface area contributed by atoms with Crippen molar-refractivity contribution < 1.29 is 21.1 Å². The minimum atomic E-state index is 0. The predicted octanol–water partition coefficient (Wildman–Crippen LogP) is 3.66. The van der Waals surface area contributed by atoms with Crippen molar-refractivity contribution in [3.8, 4) is 0 Å². The Labute approximate surface area is 159 Å². The van der Waals surface area contributed by atoms with E-state index in [1.165, 1.54) is 11.1 Å². The normalized spacial score (nSPS) is 11.6. The number of anilines is 1. The van der Waals surface area contributed by atoms with Gasteiger partial charge in [0.15, 0.2) is 0 Å². The van der Waals surface area contributed by atoms with Gasteiger partial charge in [-0.05, 0) is 42.5 Å². The van der Waals surface area contributed by atoms with Crippen LogP contribution in [0.3, 0.4) is 0 Å². The minimum absolute atomic E-state index is 0. The average molecular weight is 497 g/mol. The molecule has 1 unspecified atom stereocenters. The zero-order valence-electron chi connectivity index (χ0n) is 13.4. The van der Waals surface area contributed by atoms with Crippen molar-refractivity contribution in [1.29, 1.82) is 0 Å². The fraction of sp³-hybridized carbons (Fsp3) is 0.389. The summed E-state index contributed by atoms with van der Waals surface area (Å²) >= 11 is 5.20. The number of hydrogen-bond acceptors (Lipinski definition) is 3. The van der Waals surface area contributed by atoms with Crippen LogP contribution in [0.25, 0.3) is 5.73 Å². The molecule has 1 aromatic heterocycles. The van der Waals surface area contributed by atoms with Crippen LogP contribution in [-0.2, 0) is 46.5 Å². The molecule has 0 aliphatic heterocycles. The van der Waals surface area contributed by atoms with Crippen LogP contribution in [0.5, 0.6) is 0 Å². The number of aromatic nitrogens is 1. The molecule has 0 fully saturated rings. The topological polar surface area (TPSA) is 39.9 Å². The second-order valence-electron chi connectivity index (χ2n) is 5.56. The van der Waals surface area contributed by atoms with Gasteiger partial charge in [-0.2, -0.15) is 11.8 Å². The molecule has 2 aromatic rings. The number of benzene rings is 1. The third-order valence-corrected chi connectivity index (χ3v) is 4.05. The molecular weight excluding hydrogens is 474 g/mol. The molecule has 1 N–H and O–H groups in total. The summed E-state index contributed by atoms with van der Waals surface area (Å²) in [6, 6.07) is 14.6. The van der Waals surface area contributed by atoms with E-state index in [4.69, 9.17) is 18.4 Å². The van der Waals surface area contributed by atoms with Crippen LogP contribution in [0.15, 0.2) is 48.7 Å². The zero-order chi connectivity index (χ0) is 15.8. The summed E-state index contributed by atoms with van der Waals surface area (Å²) in [6.07, 6.45) is 4.81. The van der Waals surface area contributed by atoms with E-state index in [1.807, 2.05) is 24.4 Å². The maximum Gasteiger partial charge on any atom is 2.00 e. The van der Waals surface area contributed by atoms with E-state index < -0.39 is 0 Å². The molecule has 0 saturated carbocycles. The maximum atomic E-state index is 7.29. The van der Waals surface area contributed by atoms with Gasteiger partial charge in [0, 0.05) is 19.8 Å². The third-order valence-electron chi connectivity index (χ3n) is 3.71. The fourth-order valence-corrected chi connectivity index (χ4v) is 2.58. The first-order chi connectivity index (χ1) is 10.7. The molecule has 1 atom stereocenters. The molecule has 5 heteroatoms. The molecule has 0 bridgehead atoms. The number of hydrogen-bond donors (Lipinski definition) is 0. The number of nitrogens with zero attached hydrogens (tertiary/aromatic N) is 2. The van der Waals surface area contributed by atoms with Crippen molar-refractivity contribution in [2.24, 2.45) is 0 Å². The number of aryl methyl sites for hydroxylation is 1. The van der Waals surface area contributed by atoms with Crippen molar-refractivity contribution in [1.82, 2.24) is 4.98 Å². The molecule has 0 amide bonds. The first kappa shape index (κ1) is 20.2. The summed E-state index contributed by atoms with van der Waals surface area (Å²) in [7, 11) is 2.08. The van der Waals surface area contributed by atoms with Gasteiger partial charge in [0.05, 0.1) is 0 Å². The van der Waals surface area contributed by atoms with Gasteiger partial charge in [0.1, 0.15) is 5.82 Å². The predicted molar refractivity (Wildman–Crippen MR) is 96.3 cm³/mol. The number of rotatable bonds is 8. The first-order valence-electron chi connectivity index (χ1n) is 7.69. The molecule has 0 aliphatic carbocycles. The monoisotopic (exact) mass is 497 g/mol. The molecule has 0 radical (unpaired) electrons. The summed E-state index contributed by atoms with van der Waals surface area (Å²) in [5.41, 5.74) is 9.88. The Morgan fingerprint density at radius 1 is 1.13 bits per heavy atom. The van der Waals surface area contributed by atoms with Crippen LogP contribution < -0.4 is 4.90 Å². The molecule has 23 heavy (non-hydrogen) atoms. The molecule has 0 spiro atoms. The zero-order valence-corrected chi connectivity index (χ0v) is 17.2. The Balaban J connectivity index is 0.00000264. The van der Waals surface area contributed by atoms with Crippen LogP contribution in [0.4, 0.5) is 5.82 Å². The van der Waals surface area contributed by atoms with Crippen LogP contribution in [0.2, 0.25) is 0 Å². The standard InChI is InChI=1S/C18H24N3S.W/c1-21(18-6-2-3-11-20-18)12-4-5-15-7-9-16(10-8-15)13-17(22)14-19;/h2-3,6-11,17,19,22H,4-5,12-14H2,1H3;/q-1;+2/p-1. The molecule has 1 heterocycles. The summed E-state index contributed by atoms with van der Waals surface area (Å²) < 4.78 is 0. The van der Waals surface area contributed by atoms with Gasteiger partial charge >= 0.3 is 21.1 Å². The Kier molecular flexibility index (Phi) is 9.54. The Hall–Kier alpha value is -0.832. The Bertz CT molecular complexity index is 548. The van der Waals surface area contributed by atoms with Crippen LogP contribution in [-0.4, -0.2) is 30.4 Å². The Morgan fingerprint density at radius 3 is 2.43 bits per heavy atom. The van der Waals surface area contributed by atoms with E-state index in [0.717, 1.165) is 31.6 Å². The summed E-state index contributed by atoms with van der Waals surface area (Å²) in [4.78, 5) is 6.54. The fourth-order valence-electron chi connectivity index (χ4n) is 2.39. The van der Waals surface area contributed by atoms with Gasteiger partial charge < -0.3 is 23.3 Å². The molecule has 3 nitrogen and oxygen atoms in total. The van der Waals surface area contributed by atoms with E-state index in [-0.39, 0.29) is 26.3 Å². The van der Waals surface area contributed by atoms with Crippen LogP contribution >= 0.6 is 0 Å². The second-order valence-corrected chi connectivity index (χ2v) is 6.23. The molecule has 122 valence electrons. The van der Waals surface area contributed by atoms with E-state index >= 15 is 0 Å². The van der Waals surface area contributed by atoms with Gasteiger partial charge in [0.25, 0.3) is 0 Å². The van der Waals surface area contributed by atoms with Gasteiger partial charge in [-0.15, -0.1) is 0 Å². The molecule has 2 rings (SSSR count). The molecule has 1 aromatic carbocycles. The van der Waals surface area contributed by atoms with Gasteiger partial charge in [-0.25, -0.2) is 4.98 Å². The van der Waals surface area contributed by atoms with E-state index in [0.29, 0.717) is 6.54 Å². The molecule has 0 saturated heterocycles. The van der Waals surface area contributed by atoms with Crippen LogP contribution in [0.1, 0.15) is 17.5 Å². The van der Waals surface area contributed by atoms with E-state index in [1.54, 1.807) is 0 Å². The van der Waals surface area contributed by atoms with Gasteiger partial charge in [-0.3, -0.25) is 0 Å². The van der Waals surface area contributed by atoms with Crippen molar-refractivity contribution >= 4 is 18.4 Å². The summed E-state index contributed by atoms with van der Waals surface area (Å²) in [5, 5.41) is 0.0258. The molecule has 0 aliphatic rings. The number of pyridine rings is 1. The van der Waals surface area contributed by atoms with Crippen molar-refractivity contribution in [2.75, 3.05) is 25.0 Å². The van der Waals surface area contributed by atoms with Crippen molar-refractivity contribution in [3.63, 3.8) is 0 Å². The summed E-state index contributed by atoms with van der Waals surface area (Å²) in [6.45, 7) is 1.31. The number of nitrogens with one attached hydrogen (secondary N) is 1.